The van der Waals surface area contributed by atoms with Gasteiger partial charge in [0.05, 0.1) is 22.2 Å². The number of ether oxygens (including phenoxy) is 1. The molecule has 0 amide bonds. The third-order valence-corrected chi connectivity index (χ3v) is 4.52. The number of carbonyl (C=O) groups excluding carboxylic acids is 1. The summed E-state index contributed by atoms with van der Waals surface area (Å²) in [5, 5.41) is 4.91. The van der Waals surface area contributed by atoms with Crippen molar-refractivity contribution < 1.29 is 17.9 Å². The second kappa shape index (κ2) is 7.45. The van der Waals surface area contributed by atoms with E-state index in [4.69, 9.17) is 33.1 Å². The highest BCUT2D eigenvalue weighted by atomic mass is 35.5. The molecule has 1 atom stereocenters. The van der Waals surface area contributed by atoms with Gasteiger partial charge in [-0.15, -0.1) is 0 Å². The summed E-state index contributed by atoms with van der Waals surface area (Å²) in [6, 6.07) is 2.20. The highest BCUT2D eigenvalue weighted by molar-refractivity contribution is 7.89. The van der Waals surface area contributed by atoms with E-state index >= 15 is 0 Å². The van der Waals surface area contributed by atoms with Crippen LogP contribution in [0.5, 0.6) is 0 Å². The molecule has 0 saturated carbocycles. The van der Waals surface area contributed by atoms with Gasteiger partial charge in [0.2, 0.25) is 10.0 Å². The summed E-state index contributed by atoms with van der Waals surface area (Å²) in [4.78, 5) is 11.6. The molecule has 2 N–H and O–H groups in total. The Labute approximate surface area is 134 Å². The van der Waals surface area contributed by atoms with E-state index in [9.17, 15) is 13.2 Å². The zero-order valence-corrected chi connectivity index (χ0v) is 14.1. The highest BCUT2D eigenvalue weighted by Gasteiger charge is 2.21. The molecular weight excluding hydrogens is 337 g/mol. The fraction of sp³-hybridized carbons (Fsp3) is 0.462. The lowest BCUT2D eigenvalue weighted by Gasteiger charge is -2.12. The molecule has 5 nitrogen and oxygen atoms in total. The van der Waals surface area contributed by atoms with Crippen LogP contribution in [0.3, 0.4) is 0 Å². The van der Waals surface area contributed by atoms with Gasteiger partial charge in [0.1, 0.15) is 4.90 Å². The number of halogens is 2. The lowest BCUT2D eigenvalue weighted by atomic mass is 10.1. The number of hydrogen-bond acceptors (Lipinski definition) is 4. The van der Waals surface area contributed by atoms with Crippen LogP contribution in [-0.2, 0) is 14.8 Å². The average molecular weight is 354 g/mol. The van der Waals surface area contributed by atoms with Gasteiger partial charge in [-0.3, -0.25) is 0 Å². The molecule has 1 aromatic rings. The summed E-state index contributed by atoms with van der Waals surface area (Å²) in [6.45, 7) is 4.22. The molecule has 1 unspecified atom stereocenters. The lowest BCUT2D eigenvalue weighted by molar-refractivity contribution is 0.0443. The van der Waals surface area contributed by atoms with E-state index in [1.807, 2.05) is 13.8 Å². The number of esters is 1. The number of sulfonamides is 1. The van der Waals surface area contributed by atoms with E-state index in [2.05, 4.69) is 0 Å². The minimum absolute atomic E-state index is 0.0144. The summed E-state index contributed by atoms with van der Waals surface area (Å²) in [5.41, 5.74) is -0.0752. The van der Waals surface area contributed by atoms with Crippen molar-refractivity contribution in [3.8, 4) is 0 Å². The molecular formula is C13H17Cl2NO4S. The first-order valence-electron chi connectivity index (χ1n) is 6.35. The summed E-state index contributed by atoms with van der Waals surface area (Å²) >= 11 is 11.7. The monoisotopic (exact) mass is 353 g/mol. The van der Waals surface area contributed by atoms with Crippen LogP contribution in [0, 0.1) is 5.92 Å². The Morgan fingerprint density at radius 2 is 1.95 bits per heavy atom. The minimum atomic E-state index is -4.04. The van der Waals surface area contributed by atoms with Crippen molar-refractivity contribution in [3.05, 3.63) is 27.7 Å². The molecule has 0 saturated heterocycles. The molecule has 0 heterocycles. The number of primary sulfonamides is 1. The molecule has 0 aliphatic rings. The van der Waals surface area contributed by atoms with E-state index in [0.717, 1.165) is 25.0 Å². The van der Waals surface area contributed by atoms with Gasteiger partial charge in [0, 0.05) is 0 Å². The minimum Gasteiger partial charge on any atom is -0.462 e. The van der Waals surface area contributed by atoms with Crippen molar-refractivity contribution >= 4 is 39.2 Å². The van der Waals surface area contributed by atoms with Crippen molar-refractivity contribution in [2.24, 2.45) is 11.1 Å². The summed E-state index contributed by atoms with van der Waals surface area (Å²) in [5.74, 6) is -0.493. The van der Waals surface area contributed by atoms with Gasteiger partial charge in [-0.05, 0) is 24.5 Å². The first-order valence-corrected chi connectivity index (χ1v) is 8.66. The van der Waals surface area contributed by atoms with E-state index in [-0.39, 0.29) is 33.0 Å². The van der Waals surface area contributed by atoms with Crippen molar-refractivity contribution in [2.75, 3.05) is 6.61 Å². The van der Waals surface area contributed by atoms with Crippen molar-refractivity contribution in [2.45, 2.75) is 31.6 Å². The fourth-order valence-corrected chi connectivity index (χ4v) is 3.17. The predicted octanol–water partition coefficient (Wildman–Crippen LogP) is 3.23. The number of rotatable bonds is 6. The van der Waals surface area contributed by atoms with Gasteiger partial charge < -0.3 is 4.74 Å². The van der Waals surface area contributed by atoms with Gasteiger partial charge in [0.15, 0.2) is 0 Å². The highest BCUT2D eigenvalue weighted by Crippen LogP contribution is 2.28. The lowest BCUT2D eigenvalue weighted by Crippen LogP contribution is -2.16. The SMILES string of the molecule is CCCC(C)COC(=O)c1cc(S(N)(=O)=O)c(Cl)cc1Cl. The summed E-state index contributed by atoms with van der Waals surface area (Å²) in [7, 11) is -4.04. The zero-order chi connectivity index (χ0) is 16.2. The van der Waals surface area contributed by atoms with Gasteiger partial charge in [-0.25, -0.2) is 18.4 Å². The van der Waals surface area contributed by atoms with Crippen LogP contribution in [0.1, 0.15) is 37.0 Å². The number of benzene rings is 1. The Morgan fingerprint density at radius 1 is 1.33 bits per heavy atom. The Balaban J connectivity index is 3.00. The maximum absolute atomic E-state index is 12.0. The molecule has 0 spiro atoms. The Bertz CT molecular complexity index is 631. The maximum atomic E-state index is 12.0. The van der Waals surface area contributed by atoms with Crippen LogP contribution >= 0.6 is 23.2 Å². The third kappa shape index (κ3) is 5.14. The largest absolute Gasteiger partial charge is 0.462 e. The molecule has 0 fully saturated rings. The second-order valence-corrected chi connectivity index (χ2v) is 7.14. The molecule has 0 bridgehead atoms. The third-order valence-electron chi connectivity index (χ3n) is 2.83. The van der Waals surface area contributed by atoms with Crippen LogP contribution in [0.2, 0.25) is 10.0 Å². The van der Waals surface area contributed by atoms with E-state index in [1.165, 1.54) is 0 Å². The molecule has 0 aromatic heterocycles. The Morgan fingerprint density at radius 3 is 2.48 bits per heavy atom. The average Bonchev–Trinajstić information content (AvgIpc) is 2.34. The van der Waals surface area contributed by atoms with Gasteiger partial charge in [-0.2, -0.15) is 0 Å². The van der Waals surface area contributed by atoms with Gasteiger partial charge in [-0.1, -0.05) is 43.5 Å². The maximum Gasteiger partial charge on any atom is 0.339 e. The molecule has 8 heteroatoms. The van der Waals surface area contributed by atoms with Gasteiger partial charge in [0.25, 0.3) is 0 Å². The molecule has 0 aliphatic heterocycles. The Kier molecular flexibility index (Phi) is 6.46. The normalized spacial score (nSPS) is 13.0. The van der Waals surface area contributed by atoms with Gasteiger partial charge >= 0.3 is 5.97 Å². The quantitative estimate of drug-likeness (QED) is 0.795. The van der Waals surface area contributed by atoms with E-state index in [1.54, 1.807) is 0 Å². The van der Waals surface area contributed by atoms with E-state index in [0.29, 0.717) is 0 Å². The summed E-state index contributed by atoms with van der Waals surface area (Å²) in [6.07, 6.45) is 1.90. The second-order valence-electron chi connectivity index (χ2n) is 4.80. The summed E-state index contributed by atoms with van der Waals surface area (Å²) < 4.78 is 27.9. The standard InChI is InChI=1S/C13H17Cl2NO4S/c1-3-4-8(2)7-20-13(17)9-5-12(21(16,18)19)11(15)6-10(9)14/h5-6,8H,3-4,7H2,1-2H3,(H2,16,18,19). The number of hydrogen-bond donors (Lipinski definition) is 1. The van der Waals surface area contributed by atoms with Crippen LogP contribution in [-0.4, -0.2) is 21.0 Å². The first-order chi connectivity index (χ1) is 9.66. The Hall–Kier alpha value is -0.820. The number of carbonyl (C=O) groups is 1. The van der Waals surface area contributed by atoms with E-state index < -0.39 is 16.0 Å². The molecule has 0 radical (unpaired) electrons. The predicted molar refractivity (Wildman–Crippen MR) is 82.2 cm³/mol. The molecule has 21 heavy (non-hydrogen) atoms. The smallest absolute Gasteiger partial charge is 0.339 e. The van der Waals surface area contributed by atoms with Crippen LogP contribution in [0.4, 0.5) is 0 Å². The van der Waals surface area contributed by atoms with Crippen LogP contribution in [0.25, 0.3) is 0 Å². The molecule has 1 rings (SSSR count). The molecule has 118 valence electrons. The van der Waals surface area contributed by atoms with Crippen molar-refractivity contribution in [1.29, 1.82) is 0 Å². The van der Waals surface area contributed by atoms with Crippen LogP contribution in [0.15, 0.2) is 17.0 Å². The molecule has 0 aliphatic carbocycles. The van der Waals surface area contributed by atoms with Crippen molar-refractivity contribution in [1.82, 2.24) is 0 Å². The first kappa shape index (κ1) is 18.2. The zero-order valence-electron chi connectivity index (χ0n) is 11.7. The number of nitrogens with two attached hydrogens (primary N) is 1. The van der Waals surface area contributed by atoms with Crippen LogP contribution < -0.4 is 5.14 Å². The van der Waals surface area contributed by atoms with Crippen molar-refractivity contribution in [3.63, 3.8) is 0 Å². The fourth-order valence-electron chi connectivity index (χ4n) is 1.78. The molecule has 1 aromatic carbocycles. The topological polar surface area (TPSA) is 86.5 Å².